The Balaban J connectivity index is 1.72. The van der Waals surface area contributed by atoms with Crippen LogP contribution in [0.5, 0.6) is 11.5 Å². The monoisotopic (exact) mass is 365 g/mol. The summed E-state index contributed by atoms with van der Waals surface area (Å²) in [5.41, 5.74) is 2.70. The van der Waals surface area contributed by atoms with Gasteiger partial charge in [-0.1, -0.05) is 12.1 Å². The van der Waals surface area contributed by atoms with Crippen molar-refractivity contribution in [2.75, 3.05) is 25.6 Å². The van der Waals surface area contributed by atoms with Crippen molar-refractivity contribution in [2.24, 2.45) is 0 Å². The Hall–Kier alpha value is -3.48. The van der Waals surface area contributed by atoms with E-state index in [0.29, 0.717) is 23.6 Å². The van der Waals surface area contributed by atoms with Crippen LogP contribution in [0.2, 0.25) is 0 Å². The van der Waals surface area contributed by atoms with Crippen molar-refractivity contribution in [3.05, 3.63) is 65.4 Å². The predicted octanol–water partition coefficient (Wildman–Crippen LogP) is 2.40. The summed E-state index contributed by atoms with van der Waals surface area (Å²) >= 11 is 0. The molecule has 3 amide bonds. The third kappa shape index (κ3) is 2.77. The lowest BCUT2D eigenvalue weighted by atomic mass is 9.95. The average Bonchev–Trinajstić information content (AvgIpc) is 3.03. The topological polar surface area (TPSA) is 82.1 Å². The number of aromatic hydroxyl groups is 1. The molecule has 0 saturated heterocycles. The van der Waals surface area contributed by atoms with Crippen molar-refractivity contribution in [3.63, 3.8) is 0 Å². The Kier molecular flexibility index (Phi) is 3.99. The van der Waals surface area contributed by atoms with Crippen molar-refractivity contribution in [1.29, 1.82) is 0 Å². The highest BCUT2D eigenvalue weighted by Gasteiger charge is 2.43. The van der Waals surface area contributed by atoms with Crippen LogP contribution in [0.1, 0.15) is 11.6 Å². The van der Waals surface area contributed by atoms with Gasteiger partial charge in [0.05, 0.1) is 31.0 Å². The van der Waals surface area contributed by atoms with Gasteiger partial charge in [0.2, 0.25) is 0 Å². The fraction of sp³-hybridized carbons (Fsp3) is 0.200. The lowest BCUT2D eigenvalue weighted by molar-refractivity contribution is -0.114. The zero-order valence-corrected chi connectivity index (χ0v) is 15.0. The first kappa shape index (κ1) is 17.0. The fourth-order valence-corrected chi connectivity index (χ4v) is 3.45. The molecule has 7 heteroatoms. The highest BCUT2D eigenvalue weighted by atomic mass is 16.5. The summed E-state index contributed by atoms with van der Waals surface area (Å²) in [6.45, 7) is 0.318. The number of urea groups is 1. The minimum absolute atomic E-state index is 0.129. The molecule has 0 spiro atoms. The molecule has 2 N–H and O–H groups in total. The van der Waals surface area contributed by atoms with Gasteiger partial charge in [-0.2, -0.15) is 0 Å². The molecular weight excluding hydrogens is 346 g/mol. The van der Waals surface area contributed by atoms with Crippen molar-refractivity contribution >= 4 is 17.6 Å². The molecule has 27 heavy (non-hydrogen) atoms. The van der Waals surface area contributed by atoms with Gasteiger partial charge in [0.15, 0.2) is 0 Å². The molecule has 1 atom stereocenters. The van der Waals surface area contributed by atoms with Gasteiger partial charge in [-0.15, -0.1) is 0 Å². The van der Waals surface area contributed by atoms with Gasteiger partial charge in [-0.25, -0.2) is 4.79 Å². The van der Waals surface area contributed by atoms with Crippen LogP contribution in [-0.2, 0) is 4.79 Å². The number of nitrogens with one attached hydrogen (secondary N) is 1. The Morgan fingerprint density at radius 2 is 1.74 bits per heavy atom. The van der Waals surface area contributed by atoms with Crippen LogP contribution in [0.4, 0.5) is 10.5 Å². The second-order valence-corrected chi connectivity index (χ2v) is 6.48. The van der Waals surface area contributed by atoms with E-state index in [4.69, 9.17) is 4.74 Å². The number of rotatable bonds is 3. The zero-order chi connectivity index (χ0) is 19.1. The lowest BCUT2D eigenvalue weighted by Crippen LogP contribution is -2.45. The number of phenolic OH excluding ortho intramolecular Hbond substituents is 1. The van der Waals surface area contributed by atoms with Crippen molar-refractivity contribution < 1.29 is 19.4 Å². The number of phenols is 1. The SMILES string of the molecule is COc1ccc(N2CC3=C(C2=O)[C@@H](c2ccc(O)cc2)NC(=O)N3C)cc1. The van der Waals surface area contributed by atoms with Crippen LogP contribution >= 0.6 is 0 Å². The summed E-state index contributed by atoms with van der Waals surface area (Å²) in [6.07, 6.45) is 0. The molecule has 0 bridgehead atoms. The standard InChI is InChI=1S/C20H19N3O4/c1-22-16-11-23(13-5-9-15(27-2)10-6-13)19(25)17(16)18(21-20(22)26)12-3-7-14(24)8-4-12/h3-10,18,24H,11H2,1-2H3,(H,21,26)/t18-/m1/s1. The van der Waals surface area contributed by atoms with Gasteiger partial charge in [0.1, 0.15) is 11.5 Å². The average molecular weight is 365 g/mol. The first-order valence-electron chi connectivity index (χ1n) is 8.51. The van der Waals surface area contributed by atoms with E-state index < -0.39 is 6.04 Å². The van der Waals surface area contributed by atoms with Gasteiger partial charge >= 0.3 is 6.03 Å². The van der Waals surface area contributed by atoms with Gasteiger partial charge in [0.25, 0.3) is 5.91 Å². The van der Waals surface area contributed by atoms with Gasteiger partial charge in [0, 0.05) is 12.7 Å². The van der Waals surface area contributed by atoms with Crippen LogP contribution in [0.3, 0.4) is 0 Å². The number of carbonyl (C=O) groups is 2. The molecule has 138 valence electrons. The summed E-state index contributed by atoms with van der Waals surface area (Å²) in [7, 11) is 3.24. The zero-order valence-electron chi connectivity index (χ0n) is 15.0. The number of likely N-dealkylation sites (N-methyl/N-ethyl adjacent to an activating group) is 1. The molecule has 0 fully saturated rings. The summed E-state index contributed by atoms with van der Waals surface area (Å²) in [6, 6.07) is 12.9. The van der Waals surface area contributed by atoms with Gasteiger partial charge in [-0.3, -0.25) is 9.69 Å². The number of anilines is 1. The minimum atomic E-state index is -0.556. The fourth-order valence-electron chi connectivity index (χ4n) is 3.45. The number of nitrogens with zero attached hydrogens (tertiary/aromatic N) is 2. The second kappa shape index (κ2) is 6.35. The summed E-state index contributed by atoms with van der Waals surface area (Å²) in [5, 5.41) is 12.4. The van der Waals surface area contributed by atoms with Gasteiger partial charge in [-0.05, 0) is 42.0 Å². The molecular formula is C20H19N3O4. The number of benzene rings is 2. The largest absolute Gasteiger partial charge is 0.508 e. The highest BCUT2D eigenvalue weighted by molar-refractivity contribution is 6.11. The maximum Gasteiger partial charge on any atom is 0.322 e. The molecule has 4 rings (SSSR count). The Labute approximate surface area is 156 Å². The molecule has 0 aromatic heterocycles. The summed E-state index contributed by atoms with van der Waals surface area (Å²) in [5.74, 6) is 0.684. The first-order chi connectivity index (χ1) is 13.0. The van der Waals surface area contributed by atoms with Crippen molar-refractivity contribution in [3.8, 4) is 11.5 Å². The summed E-state index contributed by atoms with van der Waals surface area (Å²) in [4.78, 5) is 28.7. The van der Waals surface area contributed by atoms with Crippen molar-refractivity contribution in [1.82, 2.24) is 10.2 Å². The normalized spacial score (nSPS) is 19.3. The number of ether oxygens (including phenoxy) is 1. The molecule has 2 aromatic carbocycles. The van der Waals surface area contributed by atoms with Crippen LogP contribution in [0.15, 0.2) is 59.8 Å². The minimum Gasteiger partial charge on any atom is -0.508 e. The van der Waals surface area contributed by atoms with Crippen LogP contribution in [0.25, 0.3) is 0 Å². The van der Waals surface area contributed by atoms with E-state index >= 15 is 0 Å². The molecule has 2 heterocycles. The third-order valence-corrected chi connectivity index (χ3v) is 4.97. The van der Waals surface area contributed by atoms with Crippen LogP contribution in [-0.4, -0.2) is 42.6 Å². The molecule has 0 unspecified atom stereocenters. The van der Waals surface area contributed by atoms with Crippen LogP contribution in [0, 0.1) is 0 Å². The van der Waals surface area contributed by atoms with E-state index in [0.717, 1.165) is 11.3 Å². The molecule has 2 aromatic rings. The predicted molar refractivity (Wildman–Crippen MR) is 99.5 cm³/mol. The van der Waals surface area contributed by atoms with Crippen molar-refractivity contribution in [2.45, 2.75) is 6.04 Å². The van der Waals surface area contributed by atoms with Gasteiger partial charge < -0.3 is 20.1 Å². The van der Waals surface area contributed by atoms with E-state index in [1.165, 1.54) is 4.90 Å². The number of carbonyl (C=O) groups excluding carboxylic acids is 2. The Morgan fingerprint density at radius 1 is 1.07 bits per heavy atom. The Bertz CT molecular complexity index is 935. The molecule has 2 aliphatic heterocycles. The highest BCUT2D eigenvalue weighted by Crippen LogP contribution is 2.38. The molecule has 0 aliphatic carbocycles. The molecule has 2 aliphatic rings. The number of amides is 3. The lowest BCUT2D eigenvalue weighted by Gasteiger charge is -2.31. The number of hydrogen-bond donors (Lipinski definition) is 2. The third-order valence-electron chi connectivity index (χ3n) is 4.97. The van der Waals surface area contributed by atoms with E-state index in [-0.39, 0.29) is 17.7 Å². The van der Waals surface area contributed by atoms with E-state index in [2.05, 4.69) is 5.32 Å². The summed E-state index contributed by atoms with van der Waals surface area (Å²) < 4.78 is 5.17. The molecule has 0 radical (unpaired) electrons. The second-order valence-electron chi connectivity index (χ2n) is 6.48. The van der Waals surface area contributed by atoms with E-state index in [1.54, 1.807) is 55.5 Å². The quantitative estimate of drug-likeness (QED) is 0.875. The number of hydrogen-bond acceptors (Lipinski definition) is 4. The first-order valence-corrected chi connectivity index (χ1v) is 8.51. The van der Waals surface area contributed by atoms with Crippen LogP contribution < -0.4 is 15.0 Å². The van der Waals surface area contributed by atoms with E-state index in [1.807, 2.05) is 12.1 Å². The number of methoxy groups -OCH3 is 1. The maximum atomic E-state index is 13.2. The maximum absolute atomic E-state index is 13.2. The molecule has 7 nitrogen and oxygen atoms in total. The Morgan fingerprint density at radius 3 is 2.37 bits per heavy atom. The smallest absolute Gasteiger partial charge is 0.322 e. The van der Waals surface area contributed by atoms with E-state index in [9.17, 15) is 14.7 Å². The molecule has 0 saturated carbocycles.